The van der Waals surface area contributed by atoms with Crippen molar-refractivity contribution in [1.82, 2.24) is 15.2 Å². The summed E-state index contributed by atoms with van der Waals surface area (Å²) in [6.07, 6.45) is 4.55. The van der Waals surface area contributed by atoms with Crippen molar-refractivity contribution < 1.29 is 24.4 Å². The Morgan fingerprint density at radius 1 is 1.11 bits per heavy atom. The van der Waals surface area contributed by atoms with E-state index in [0.29, 0.717) is 22.6 Å². The number of nitrogens with zero attached hydrogens (tertiary/aromatic N) is 3. The highest BCUT2D eigenvalue weighted by Crippen LogP contribution is 2.32. The van der Waals surface area contributed by atoms with Crippen molar-refractivity contribution in [1.29, 1.82) is 0 Å². The fourth-order valence-corrected chi connectivity index (χ4v) is 2.75. The molecule has 5 N–H and O–H groups in total. The van der Waals surface area contributed by atoms with Crippen LogP contribution in [0.3, 0.4) is 0 Å². The quantitative estimate of drug-likeness (QED) is 0.301. The number of rotatable bonds is 3. The second kappa shape index (κ2) is 8.29. The molecule has 0 saturated carbocycles. The van der Waals surface area contributed by atoms with Crippen molar-refractivity contribution in [2.75, 3.05) is 5.73 Å². The second-order valence-corrected chi connectivity index (χ2v) is 5.65. The molecular weight excluding hydrogens is 363 g/mol. The molecular formula is C18H15BN4O5. The zero-order chi connectivity index (χ0) is 20.1. The number of oxazole rings is 1. The average Bonchev–Trinajstić information content (AvgIpc) is 3.22. The fraction of sp³-hybridized carbons (Fsp3) is 0. The molecule has 0 aliphatic heterocycles. The van der Waals surface area contributed by atoms with E-state index in [1.54, 1.807) is 24.4 Å². The molecule has 140 valence electrons. The second-order valence-electron chi connectivity index (χ2n) is 5.65. The van der Waals surface area contributed by atoms with Crippen LogP contribution in [0.1, 0.15) is 0 Å². The Morgan fingerprint density at radius 2 is 1.89 bits per heavy atom. The van der Waals surface area contributed by atoms with Gasteiger partial charge in [-0.15, -0.1) is 0 Å². The summed E-state index contributed by atoms with van der Waals surface area (Å²) in [6.45, 7) is -0.250. The number of benzene rings is 2. The number of fused-ring (bicyclic) bond motifs is 1. The molecule has 0 amide bonds. The molecule has 4 rings (SSSR count). The molecule has 2 aromatic carbocycles. The minimum absolute atomic E-state index is 0.250. The Balaban J connectivity index is 0.000000706. The normalized spacial score (nSPS) is 10.2. The molecule has 0 radical (unpaired) electrons. The van der Waals surface area contributed by atoms with Gasteiger partial charge in [0.2, 0.25) is 5.89 Å². The van der Waals surface area contributed by atoms with Crippen molar-refractivity contribution in [2.24, 2.45) is 0 Å². The summed E-state index contributed by atoms with van der Waals surface area (Å²) in [5.74, 6) is 0.438. The molecule has 0 atom stereocenters. The van der Waals surface area contributed by atoms with Crippen LogP contribution in [0, 0.1) is 0 Å². The molecule has 28 heavy (non-hydrogen) atoms. The van der Waals surface area contributed by atoms with E-state index in [-0.39, 0.29) is 6.47 Å². The topological polar surface area (TPSA) is 156 Å². The van der Waals surface area contributed by atoms with Crippen molar-refractivity contribution >= 4 is 35.6 Å². The van der Waals surface area contributed by atoms with Gasteiger partial charge in [0.05, 0.1) is 23.6 Å². The summed E-state index contributed by atoms with van der Waals surface area (Å²) in [5.41, 5.74) is 9.75. The van der Waals surface area contributed by atoms with Gasteiger partial charge in [-0.2, -0.15) is 10.2 Å². The maximum atomic E-state index is 9.50. The van der Waals surface area contributed by atoms with E-state index in [0.717, 1.165) is 22.1 Å². The van der Waals surface area contributed by atoms with E-state index < -0.39 is 7.12 Å². The average molecular weight is 378 g/mol. The highest BCUT2D eigenvalue weighted by Gasteiger charge is 2.17. The standard InChI is InChI=1S/C17H13BN4O3.CH2O2/c19-15-9-21-22-16-7-10(1-3-13(15)16)14-8-11(18(23)24)2-4-12(14)17-20-5-6-25-17;2-1-3/h1-9,23-24H,(H2,19,22);1H,(H,2,3). The first-order chi connectivity index (χ1) is 13.5. The third kappa shape index (κ3) is 3.82. The molecule has 0 bridgehead atoms. The lowest BCUT2D eigenvalue weighted by Gasteiger charge is -2.11. The van der Waals surface area contributed by atoms with Crippen LogP contribution in [0.5, 0.6) is 0 Å². The maximum Gasteiger partial charge on any atom is 0.488 e. The van der Waals surface area contributed by atoms with Crippen LogP contribution in [0.25, 0.3) is 33.5 Å². The first-order valence-electron chi connectivity index (χ1n) is 8.04. The van der Waals surface area contributed by atoms with Crippen LogP contribution in [0.15, 0.2) is 59.5 Å². The third-order valence-corrected chi connectivity index (χ3v) is 3.99. The number of anilines is 1. The Morgan fingerprint density at radius 3 is 2.57 bits per heavy atom. The molecule has 0 unspecified atom stereocenters. The first kappa shape index (κ1) is 19.0. The van der Waals surface area contributed by atoms with Gasteiger partial charge in [-0.3, -0.25) is 4.79 Å². The summed E-state index contributed by atoms with van der Waals surface area (Å²) >= 11 is 0. The molecule has 2 heterocycles. The number of carbonyl (C=O) groups is 1. The Hall–Kier alpha value is -3.76. The van der Waals surface area contributed by atoms with Gasteiger partial charge in [0.15, 0.2) is 0 Å². The molecule has 0 saturated heterocycles. The van der Waals surface area contributed by atoms with Crippen molar-refractivity contribution in [3.8, 4) is 22.6 Å². The largest absolute Gasteiger partial charge is 0.488 e. The van der Waals surface area contributed by atoms with Crippen LogP contribution in [-0.2, 0) is 4.79 Å². The number of hydrogen-bond acceptors (Lipinski definition) is 8. The molecule has 0 aliphatic carbocycles. The smallest absolute Gasteiger partial charge is 0.483 e. The van der Waals surface area contributed by atoms with Gasteiger partial charge in [0.25, 0.3) is 6.47 Å². The van der Waals surface area contributed by atoms with Crippen LogP contribution in [0.2, 0.25) is 0 Å². The highest BCUT2D eigenvalue weighted by molar-refractivity contribution is 6.58. The lowest BCUT2D eigenvalue weighted by atomic mass is 9.78. The SMILES string of the molecule is Nc1cnnc2cc(-c3cc(B(O)O)ccc3-c3ncco3)ccc12.O=CO. The van der Waals surface area contributed by atoms with E-state index in [9.17, 15) is 10.0 Å². The summed E-state index contributed by atoms with van der Waals surface area (Å²) in [6, 6.07) is 10.6. The molecule has 0 spiro atoms. The van der Waals surface area contributed by atoms with Gasteiger partial charge in [-0.05, 0) is 34.8 Å². The zero-order valence-corrected chi connectivity index (χ0v) is 14.4. The minimum Gasteiger partial charge on any atom is -0.483 e. The van der Waals surface area contributed by atoms with Crippen LogP contribution in [-0.4, -0.2) is 43.9 Å². The fourth-order valence-electron chi connectivity index (χ4n) is 2.75. The van der Waals surface area contributed by atoms with Gasteiger partial charge in [-0.1, -0.05) is 18.2 Å². The number of carboxylic acid groups (broad SMARTS) is 1. The Kier molecular flexibility index (Phi) is 5.63. The van der Waals surface area contributed by atoms with Crippen LogP contribution in [0.4, 0.5) is 5.69 Å². The monoisotopic (exact) mass is 378 g/mol. The van der Waals surface area contributed by atoms with E-state index in [1.165, 1.54) is 12.5 Å². The summed E-state index contributed by atoms with van der Waals surface area (Å²) in [4.78, 5) is 12.5. The molecule has 9 nitrogen and oxygen atoms in total. The zero-order valence-electron chi connectivity index (χ0n) is 14.4. The number of hydrogen-bond donors (Lipinski definition) is 4. The summed E-state index contributed by atoms with van der Waals surface area (Å²) in [7, 11) is -1.58. The highest BCUT2D eigenvalue weighted by atomic mass is 16.4. The first-order valence-corrected chi connectivity index (χ1v) is 8.04. The van der Waals surface area contributed by atoms with Crippen molar-refractivity contribution in [2.45, 2.75) is 0 Å². The van der Waals surface area contributed by atoms with Gasteiger partial charge < -0.3 is 25.3 Å². The van der Waals surface area contributed by atoms with Gasteiger partial charge in [0, 0.05) is 10.9 Å². The summed E-state index contributed by atoms with van der Waals surface area (Å²) in [5, 5.41) is 34.7. The van der Waals surface area contributed by atoms with Gasteiger partial charge in [0.1, 0.15) is 6.26 Å². The van der Waals surface area contributed by atoms with Crippen LogP contribution >= 0.6 is 0 Å². The van der Waals surface area contributed by atoms with E-state index in [1.807, 2.05) is 18.2 Å². The molecule has 2 aromatic heterocycles. The summed E-state index contributed by atoms with van der Waals surface area (Å²) < 4.78 is 5.40. The van der Waals surface area contributed by atoms with Crippen LogP contribution < -0.4 is 11.2 Å². The number of nitrogen functional groups attached to an aromatic ring is 1. The van der Waals surface area contributed by atoms with Gasteiger partial charge in [-0.25, -0.2) is 4.98 Å². The van der Waals surface area contributed by atoms with E-state index in [4.69, 9.17) is 20.1 Å². The predicted octanol–water partition coefficient (Wildman–Crippen LogP) is 0.915. The number of aromatic nitrogens is 3. The number of nitrogens with two attached hydrogens (primary N) is 1. The molecule has 0 aliphatic rings. The van der Waals surface area contributed by atoms with Crippen molar-refractivity contribution in [3.63, 3.8) is 0 Å². The van der Waals surface area contributed by atoms with Gasteiger partial charge >= 0.3 is 7.12 Å². The molecule has 4 aromatic rings. The predicted molar refractivity (Wildman–Crippen MR) is 103 cm³/mol. The lowest BCUT2D eigenvalue weighted by molar-refractivity contribution is -0.122. The Labute approximate surface area is 159 Å². The molecule has 10 heteroatoms. The van der Waals surface area contributed by atoms with E-state index in [2.05, 4.69) is 15.2 Å². The Bertz CT molecular complexity index is 1100. The van der Waals surface area contributed by atoms with Crippen molar-refractivity contribution in [3.05, 3.63) is 55.1 Å². The molecule has 0 fully saturated rings. The maximum absolute atomic E-state index is 9.50. The minimum atomic E-state index is -1.58. The lowest BCUT2D eigenvalue weighted by Crippen LogP contribution is -2.29. The van der Waals surface area contributed by atoms with E-state index >= 15 is 0 Å². The third-order valence-electron chi connectivity index (χ3n) is 3.99.